The molecule has 2 rings (SSSR count). The molecule has 0 saturated carbocycles. The Morgan fingerprint density at radius 2 is 2.11 bits per heavy atom. The fraction of sp³-hybridized carbons (Fsp3) is 0.545. The van der Waals surface area contributed by atoms with Crippen LogP contribution in [0.3, 0.4) is 0 Å². The molecule has 0 spiro atoms. The van der Waals surface area contributed by atoms with E-state index in [1.165, 1.54) is 11.3 Å². The molecule has 0 bridgehead atoms. The molecule has 0 aromatic carbocycles. The maximum absolute atomic E-state index is 12.4. The molecule has 2 heterocycles. The van der Waals surface area contributed by atoms with Gasteiger partial charge in [0.25, 0.3) is 10.0 Å². The van der Waals surface area contributed by atoms with Gasteiger partial charge in [-0.05, 0) is 5.41 Å². The second kappa shape index (κ2) is 4.77. The summed E-state index contributed by atoms with van der Waals surface area (Å²) in [7, 11) is -1.93. The third kappa shape index (κ3) is 2.90. The fourth-order valence-corrected chi connectivity index (χ4v) is 3.90. The van der Waals surface area contributed by atoms with Crippen molar-refractivity contribution in [2.45, 2.75) is 25.8 Å². The van der Waals surface area contributed by atoms with Crippen molar-refractivity contribution in [1.29, 1.82) is 0 Å². The van der Waals surface area contributed by atoms with Crippen LogP contribution in [0, 0.1) is 5.41 Å². The number of rotatable bonds is 4. The fourth-order valence-electron chi connectivity index (χ4n) is 1.56. The lowest BCUT2D eigenvalue weighted by molar-refractivity contribution is 0.407. The molecule has 2 aromatic heterocycles. The normalized spacial score (nSPS) is 13.1. The van der Waals surface area contributed by atoms with Gasteiger partial charge in [0.05, 0.1) is 0 Å². The van der Waals surface area contributed by atoms with Crippen LogP contribution in [0.2, 0.25) is 0 Å². The van der Waals surface area contributed by atoms with Crippen LogP contribution in [0.25, 0.3) is 4.96 Å². The lowest BCUT2D eigenvalue weighted by atomic mass is 9.98. The molecular weight excluding hydrogens is 284 g/mol. The number of anilines is 1. The molecule has 0 amide bonds. The predicted octanol–water partition coefficient (Wildman–Crippen LogP) is 1.76. The Kier molecular flexibility index (Phi) is 3.59. The van der Waals surface area contributed by atoms with Crippen LogP contribution >= 0.6 is 11.3 Å². The predicted molar refractivity (Wildman–Crippen MR) is 77.3 cm³/mol. The summed E-state index contributed by atoms with van der Waals surface area (Å²) in [4.78, 5) is 4.91. The van der Waals surface area contributed by atoms with E-state index >= 15 is 0 Å². The van der Waals surface area contributed by atoms with Crippen molar-refractivity contribution < 1.29 is 8.42 Å². The van der Waals surface area contributed by atoms with E-state index in [0.29, 0.717) is 17.3 Å². The first-order valence-corrected chi connectivity index (χ1v) is 8.24. The van der Waals surface area contributed by atoms with Gasteiger partial charge in [-0.3, -0.25) is 4.40 Å². The Bertz CT molecular complexity index is 679. The van der Waals surface area contributed by atoms with Crippen molar-refractivity contribution in [3.63, 3.8) is 0 Å². The van der Waals surface area contributed by atoms with Gasteiger partial charge in [-0.25, -0.2) is 18.1 Å². The average Bonchev–Trinajstić information content (AvgIpc) is 2.83. The summed E-state index contributed by atoms with van der Waals surface area (Å²) in [5.74, 6) is 0.369. The van der Waals surface area contributed by atoms with Gasteiger partial charge in [-0.15, -0.1) is 11.3 Å². The summed E-state index contributed by atoms with van der Waals surface area (Å²) in [6.07, 6.45) is 1.71. The monoisotopic (exact) mass is 302 g/mol. The summed E-state index contributed by atoms with van der Waals surface area (Å²) in [6.45, 7) is 6.30. The number of imidazole rings is 1. The minimum atomic E-state index is -3.59. The Morgan fingerprint density at radius 3 is 2.68 bits per heavy atom. The number of nitrogens with zero attached hydrogens (tertiary/aromatic N) is 2. The largest absolute Gasteiger partial charge is 0.371 e. The molecule has 2 aromatic rings. The van der Waals surface area contributed by atoms with Crippen molar-refractivity contribution in [3.05, 3.63) is 11.6 Å². The molecular formula is C11H18N4O2S2. The van der Waals surface area contributed by atoms with E-state index in [0.717, 1.165) is 0 Å². The number of fused-ring (bicyclic) bond motifs is 1. The third-order valence-corrected chi connectivity index (χ3v) is 4.68. The first kappa shape index (κ1) is 14.3. The van der Waals surface area contributed by atoms with Crippen LogP contribution in [0.1, 0.15) is 20.8 Å². The van der Waals surface area contributed by atoms with E-state index in [4.69, 9.17) is 0 Å². The highest BCUT2D eigenvalue weighted by Gasteiger charge is 2.26. The molecule has 0 saturated heterocycles. The zero-order valence-corrected chi connectivity index (χ0v) is 13.0. The van der Waals surface area contributed by atoms with E-state index in [1.54, 1.807) is 17.6 Å². The topological polar surface area (TPSA) is 75.5 Å². The van der Waals surface area contributed by atoms with Crippen molar-refractivity contribution in [2.24, 2.45) is 5.41 Å². The first-order valence-electron chi connectivity index (χ1n) is 5.87. The second-order valence-electron chi connectivity index (χ2n) is 5.46. The average molecular weight is 302 g/mol. The highest BCUT2D eigenvalue weighted by molar-refractivity contribution is 7.89. The van der Waals surface area contributed by atoms with Gasteiger partial charge < -0.3 is 5.32 Å². The molecule has 19 heavy (non-hydrogen) atoms. The summed E-state index contributed by atoms with van der Waals surface area (Å²) in [5, 5.41) is 4.80. The summed E-state index contributed by atoms with van der Waals surface area (Å²) in [5.41, 5.74) is -0.120. The van der Waals surface area contributed by atoms with Gasteiger partial charge >= 0.3 is 0 Å². The zero-order chi connectivity index (χ0) is 14.3. The number of thiazole rings is 1. The van der Waals surface area contributed by atoms with Crippen LogP contribution in [-0.2, 0) is 10.0 Å². The van der Waals surface area contributed by atoms with Crippen LogP contribution in [-0.4, -0.2) is 31.4 Å². The number of aromatic nitrogens is 2. The van der Waals surface area contributed by atoms with Gasteiger partial charge in [0.15, 0.2) is 15.8 Å². The number of nitrogens with one attached hydrogen (secondary N) is 2. The molecule has 6 nitrogen and oxygen atoms in total. The minimum Gasteiger partial charge on any atom is -0.371 e. The minimum absolute atomic E-state index is 0.120. The zero-order valence-electron chi connectivity index (χ0n) is 11.4. The number of hydrogen-bond acceptors (Lipinski definition) is 5. The van der Waals surface area contributed by atoms with Crippen molar-refractivity contribution in [3.8, 4) is 0 Å². The maximum atomic E-state index is 12.4. The summed E-state index contributed by atoms with van der Waals surface area (Å²) in [6, 6.07) is 0. The Morgan fingerprint density at radius 1 is 1.42 bits per heavy atom. The Labute approximate surface area is 116 Å². The molecule has 0 unspecified atom stereocenters. The molecule has 0 aliphatic carbocycles. The SMILES string of the molecule is CNc1nc2sccn2c1S(=O)(=O)NCC(C)(C)C. The summed E-state index contributed by atoms with van der Waals surface area (Å²) < 4.78 is 29.1. The van der Waals surface area contributed by atoms with E-state index in [9.17, 15) is 8.42 Å². The van der Waals surface area contributed by atoms with Gasteiger partial charge in [-0.1, -0.05) is 20.8 Å². The lowest BCUT2D eigenvalue weighted by Crippen LogP contribution is -2.33. The first-order chi connectivity index (χ1) is 8.74. The standard InChI is InChI=1S/C11H18N4O2S2/c1-11(2,3)7-13-19(16,17)9-8(12-4)14-10-15(9)5-6-18-10/h5-6,12-13H,7H2,1-4H3. The van der Waals surface area contributed by atoms with Crippen LogP contribution < -0.4 is 10.0 Å². The van der Waals surface area contributed by atoms with E-state index in [-0.39, 0.29) is 10.4 Å². The molecule has 0 radical (unpaired) electrons. The van der Waals surface area contributed by atoms with E-state index in [2.05, 4.69) is 15.0 Å². The number of sulfonamides is 1. The Balaban J connectivity index is 2.44. The highest BCUT2D eigenvalue weighted by Crippen LogP contribution is 2.25. The molecule has 0 aliphatic heterocycles. The van der Waals surface area contributed by atoms with Gasteiger partial charge in [-0.2, -0.15) is 0 Å². The van der Waals surface area contributed by atoms with Crippen molar-refractivity contribution >= 4 is 32.1 Å². The third-order valence-electron chi connectivity index (χ3n) is 2.50. The molecule has 0 fully saturated rings. The molecule has 2 N–H and O–H groups in total. The van der Waals surface area contributed by atoms with E-state index in [1.807, 2.05) is 26.2 Å². The maximum Gasteiger partial charge on any atom is 0.260 e. The van der Waals surface area contributed by atoms with Crippen molar-refractivity contribution in [1.82, 2.24) is 14.1 Å². The van der Waals surface area contributed by atoms with Gasteiger partial charge in [0.2, 0.25) is 0 Å². The molecule has 0 atom stereocenters. The summed E-state index contributed by atoms with van der Waals surface area (Å²) >= 11 is 1.40. The van der Waals surface area contributed by atoms with Crippen molar-refractivity contribution in [2.75, 3.05) is 18.9 Å². The molecule has 8 heteroatoms. The lowest BCUT2D eigenvalue weighted by Gasteiger charge is -2.18. The highest BCUT2D eigenvalue weighted by atomic mass is 32.2. The van der Waals surface area contributed by atoms with Gasteiger partial charge in [0, 0.05) is 25.2 Å². The number of hydrogen-bond donors (Lipinski definition) is 2. The molecule has 106 valence electrons. The second-order valence-corrected chi connectivity index (χ2v) is 8.01. The quantitative estimate of drug-likeness (QED) is 0.902. The van der Waals surface area contributed by atoms with Crippen LogP contribution in [0.5, 0.6) is 0 Å². The molecule has 0 aliphatic rings. The van der Waals surface area contributed by atoms with E-state index < -0.39 is 10.0 Å². The smallest absolute Gasteiger partial charge is 0.260 e. The van der Waals surface area contributed by atoms with Crippen LogP contribution in [0.4, 0.5) is 5.82 Å². The Hall–Kier alpha value is -1.12. The van der Waals surface area contributed by atoms with Crippen LogP contribution in [0.15, 0.2) is 16.6 Å². The van der Waals surface area contributed by atoms with Gasteiger partial charge in [0.1, 0.15) is 0 Å².